The van der Waals surface area contributed by atoms with Gasteiger partial charge in [-0.05, 0) is 37.1 Å². The minimum atomic E-state index is -1.45. The Morgan fingerprint density at radius 1 is 1.28 bits per heavy atom. The molecule has 0 aliphatic rings. The Balaban J connectivity index is 2.21. The van der Waals surface area contributed by atoms with Gasteiger partial charge in [-0.15, -0.1) is 0 Å². The molecule has 7 heteroatoms. The number of aromatic carboxylic acids is 1. The van der Waals surface area contributed by atoms with Gasteiger partial charge in [0.25, 0.3) is 5.56 Å². The lowest BCUT2D eigenvalue weighted by Gasteiger charge is -2.12. The SMILES string of the molecule is CCOn1ccc2cc(-c3[nH]c(=O)c(C(=O)O)c(O)c3CC)ccc21. The molecule has 0 saturated carbocycles. The second-order valence-electron chi connectivity index (χ2n) is 5.52. The summed E-state index contributed by atoms with van der Waals surface area (Å²) in [6, 6.07) is 7.38. The smallest absolute Gasteiger partial charge is 0.345 e. The molecule has 2 heterocycles. The van der Waals surface area contributed by atoms with Crippen LogP contribution in [0.5, 0.6) is 5.75 Å². The van der Waals surface area contributed by atoms with Crippen molar-refractivity contribution in [3.05, 3.63) is 51.9 Å². The van der Waals surface area contributed by atoms with Crippen molar-refractivity contribution in [2.45, 2.75) is 20.3 Å². The minimum Gasteiger partial charge on any atom is -0.506 e. The number of aromatic hydroxyl groups is 1. The molecule has 0 bridgehead atoms. The first-order valence-electron chi connectivity index (χ1n) is 7.94. The fourth-order valence-electron chi connectivity index (χ4n) is 2.94. The summed E-state index contributed by atoms with van der Waals surface area (Å²) in [4.78, 5) is 31.4. The van der Waals surface area contributed by atoms with Crippen LogP contribution < -0.4 is 10.4 Å². The van der Waals surface area contributed by atoms with Crippen LogP contribution in [-0.2, 0) is 6.42 Å². The summed E-state index contributed by atoms with van der Waals surface area (Å²) in [5.41, 5.74) is 0.898. The van der Waals surface area contributed by atoms with Crippen LogP contribution in [0.1, 0.15) is 29.8 Å². The van der Waals surface area contributed by atoms with Gasteiger partial charge in [0, 0.05) is 17.1 Å². The summed E-state index contributed by atoms with van der Waals surface area (Å²) in [5.74, 6) is -1.94. The van der Waals surface area contributed by atoms with Crippen LogP contribution >= 0.6 is 0 Å². The van der Waals surface area contributed by atoms with Crippen LogP contribution in [0.2, 0.25) is 0 Å². The molecule has 25 heavy (non-hydrogen) atoms. The van der Waals surface area contributed by atoms with Gasteiger partial charge >= 0.3 is 5.97 Å². The summed E-state index contributed by atoms with van der Waals surface area (Å²) in [5, 5.41) is 20.3. The fraction of sp³-hybridized carbons (Fsp3) is 0.222. The average Bonchev–Trinajstić information content (AvgIpc) is 2.96. The molecule has 0 unspecified atom stereocenters. The molecule has 0 amide bonds. The number of nitrogens with one attached hydrogen (secondary N) is 1. The molecule has 0 atom stereocenters. The Morgan fingerprint density at radius 2 is 2.04 bits per heavy atom. The van der Waals surface area contributed by atoms with Gasteiger partial charge in [0.05, 0.1) is 11.2 Å². The molecule has 0 fully saturated rings. The van der Waals surface area contributed by atoms with Crippen LogP contribution in [-0.4, -0.2) is 32.5 Å². The highest BCUT2D eigenvalue weighted by Crippen LogP contribution is 2.31. The Labute approximate surface area is 143 Å². The van der Waals surface area contributed by atoms with Crippen molar-refractivity contribution in [2.75, 3.05) is 6.61 Å². The van der Waals surface area contributed by atoms with Crippen molar-refractivity contribution in [1.29, 1.82) is 0 Å². The number of H-pyrrole nitrogens is 1. The minimum absolute atomic E-state index is 0.371. The summed E-state index contributed by atoms with van der Waals surface area (Å²) in [6.45, 7) is 4.21. The average molecular weight is 342 g/mol. The van der Waals surface area contributed by atoms with Crippen LogP contribution in [0, 0.1) is 0 Å². The lowest BCUT2D eigenvalue weighted by molar-refractivity contribution is 0.0691. The molecular formula is C18H18N2O5. The first-order chi connectivity index (χ1) is 12.0. The number of rotatable bonds is 5. The third kappa shape index (κ3) is 2.73. The standard InChI is InChI=1S/C18H18N2O5/c1-3-12-15(19-17(22)14(16(12)21)18(23)24)11-5-6-13-10(9-11)7-8-20(13)25-4-2/h5-9H,3-4H2,1-2H3,(H,23,24)(H2,19,21,22). The monoisotopic (exact) mass is 342 g/mol. The number of fused-ring (bicyclic) bond motifs is 1. The summed E-state index contributed by atoms with van der Waals surface area (Å²) < 4.78 is 1.66. The molecule has 2 aromatic heterocycles. The van der Waals surface area contributed by atoms with Crippen molar-refractivity contribution in [3.63, 3.8) is 0 Å². The molecule has 7 nitrogen and oxygen atoms in total. The highest BCUT2D eigenvalue weighted by Gasteiger charge is 2.22. The van der Waals surface area contributed by atoms with E-state index in [9.17, 15) is 14.7 Å². The summed E-state index contributed by atoms with van der Waals surface area (Å²) >= 11 is 0. The largest absolute Gasteiger partial charge is 0.506 e. The van der Waals surface area contributed by atoms with E-state index in [2.05, 4.69) is 4.98 Å². The maximum absolute atomic E-state index is 12.1. The van der Waals surface area contributed by atoms with Gasteiger partial charge < -0.3 is 20.0 Å². The van der Waals surface area contributed by atoms with E-state index >= 15 is 0 Å². The quantitative estimate of drug-likeness (QED) is 0.660. The number of pyridine rings is 1. The van der Waals surface area contributed by atoms with E-state index < -0.39 is 22.8 Å². The number of benzene rings is 1. The van der Waals surface area contributed by atoms with E-state index in [0.29, 0.717) is 29.8 Å². The normalized spacial score (nSPS) is 11.0. The molecule has 0 saturated heterocycles. The van der Waals surface area contributed by atoms with E-state index in [1.165, 1.54) is 0 Å². The van der Waals surface area contributed by atoms with Gasteiger partial charge in [-0.3, -0.25) is 4.79 Å². The van der Waals surface area contributed by atoms with Gasteiger partial charge in [0.15, 0.2) is 5.56 Å². The van der Waals surface area contributed by atoms with Crippen LogP contribution in [0.3, 0.4) is 0 Å². The third-order valence-electron chi connectivity index (χ3n) is 4.07. The third-order valence-corrected chi connectivity index (χ3v) is 4.07. The molecule has 0 spiro atoms. The maximum Gasteiger partial charge on any atom is 0.345 e. The molecule has 1 aromatic carbocycles. The van der Waals surface area contributed by atoms with Gasteiger partial charge in [0.1, 0.15) is 12.4 Å². The Morgan fingerprint density at radius 3 is 2.68 bits per heavy atom. The first-order valence-corrected chi connectivity index (χ1v) is 7.94. The summed E-state index contributed by atoms with van der Waals surface area (Å²) in [7, 11) is 0. The topological polar surface area (TPSA) is 105 Å². The number of hydrogen-bond acceptors (Lipinski definition) is 4. The number of aromatic nitrogens is 2. The molecule has 0 aliphatic heterocycles. The van der Waals surface area contributed by atoms with Crippen LogP contribution in [0.4, 0.5) is 0 Å². The molecule has 3 rings (SSSR count). The zero-order valence-corrected chi connectivity index (χ0v) is 13.9. The number of carboxylic acids is 1. The molecule has 3 N–H and O–H groups in total. The van der Waals surface area contributed by atoms with Crippen molar-refractivity contribution in [3.8, 4) is 17.0 Å². The molecule has 130 valence electrons. The lowest BCUT2D eigenvalue weighted by atomic mass is 10.00. The van der Waals surface area contributed by atoms with Crippen molar-refractivity contribution < 1.29 is 19.8 Å². The number of nitrogens with zero attached hydrogens (tertiary/aromatic N) is 1. The Kier molecular flexibility index (Phi) is 4.22. The van der Waals surface area contributed by atoms with E-state index in [1.807, 2.05) is 25.1 Å². The van der Waals surface area contributed by atoms with Crippen LogP contribution in [0.25, 0.3) is 22.2 Å². The van der Waals surface area contributed by atoms with Gasteiger partial charge in [-0.1, -0.05) is 13.0 Å². The predicted molar refractivity (Wildman–Crippen MR) is 93.1 cm³/mol. The van der Waals surface area contributed by atoms with Gasteiger partial charge in [-0.25, -0.2) is 4.79 Å². The Bertz CT molecular complexity index is 1020. The highest BCUT2D eigenvalue weighted by molar-refractivity contribution is 5.92. The van der Waals surface area contributed by atoms with E-state index in [-0.39, 0.29) is 0 Å². The van der Waals surface area contributed by atoms with Crippen molar-refractivity contribution in [2.24, 2.45) is 0 Å². The number of hydrogen-bond donors (Lipinski definition) is 3. The van der Waals surface area contributed by atoms with Crippen molar-refractivity contribution >= 4 is 16.9 Å². The molecule has 0 radical (unpaired) electrons. The summed E-state index contributed by atoms with van der Waals surface area (Å²) in [6.07, 6.45) is 2.17. The van der Waals surface area contributed by atoms with E-state index in [4.69, 9.17) is 9.94 Å². The molecule has 0 aliphatic carbocycles. The first kappa shape index (κ1) is 16.6. The number of carbonyl (C=O) groups is 1. The Hall–Kier alpha value is -3.22. The second-order valence-corrected chi connectivity index (χ2v) is 5.52. The maximum atomic E-state index is 12.1. The van der Waals surface area contributed by atoms with Crippen molar-refractivity contribution in [1.82, 2.24) is 9.71 Å². The van der Waals surface area contributed by atoms with E-state index in [0.717, 1.165) is 10.9 Å². The molecular weight excluding hydrogens is 324 g/mol. The molecule has 3 aromatic rings. The van der Waals surface area contributed by atoms with E-state index in [1.54, 1.807) is 23.9 Å². The second kappa shape index (κ2) is 6.35. The van der Waals surface area contributed by atoms with Gasteiger partial charge in [-0.2, -0.15) is 4.73 Å². The number of carboxylic acid groups (broad SMARTS) is 1. The highest BCUT2D eigenvalue weighted by atomic mass is 16.7. The zero-order valence-electron chi connectivity index (χ0n) is 13.9. The van der Waals surface area contributed by atoms with Crippen LogP contribution in [0.15, 0.2) is 35.3 Å². The van der Waals surface area contributed by atoms with Gasteiger partial charge in [0.2, 0.25) is 0 Å². The fourth-order valence-corrected chi connectivity index (χ4v) is 2.94. The zero-order chi connectivity index (χ0) is 18.1. The lowest BCUT2D eigenvalue weighted by Crippen LogP contribution is -2.20. The number of aromatic amines is 1. The predicted octanol–water partition coefficient (Wildman–Crippen LogP) is 2.41.